The smallest absolute Gasteiger partial charge is 0.357 e. The Morgan fingerprint density at radius 1 is 1.62 bits per heavy atom. The van der Waals surface area contributed by atoms with Crippen LogP contribution < -0.4 is 5.73 Å². The second-order valence-electron chi connectivity index (χ2n) is 4.03. The zero-order chi connectivity index (χ0) is 12.1. The van der Waals surface area contributed by atoms with Crippen molar-refractivity contribution in [2.75, 3.05) is 6.61 Å². The minimum atomic E-state index is -0.373. The van der Waals surface area contributed by atoms with E-state index in [1.54, 1.807) is 12.3 Å². The molecule has 0 aromatic carbocycles. The maximum absolute atomic E-state index is 11.4. The average Bonchev–Trinajstić information content (AvgIpc) is 2.65. The zero-order valence-corrected chi connectivity index (χ0v) is 10.7. The van der Waals surface area contributed by atoms with Gasteiger partial charge in [-0.25, -0.2) is 9.78 Å². The van der Waals surface area contributed by atoms with E-state index >= 15 is 0 Å². The zero-order valence-electron chi connectivity index (χ0n) is 9.90. The third kappa shape index (κ3) is 3.57. The molecule has 0 amide bonds. The van der Waals surface area contributed by atoms with Gasteiger partial charge in [-0.1, -0.05) is 13.8 Å². The minimum absolute atomic E-state index is 0.0897. The van der Waals surface area contributed by atoms with Crippen molar-refractivity contribution in [2.45, 2.75) is 33.2 Å². The fourth-order valence-electron chi connectivity index (χ4n) is 1.37. The van der Waals surface area contributed by atoms with Gasteiger partial charge in [0.2, 0.25) is 0 Å². The first-order chi connectivity index (χ1) is 7.54. The summed E-state index contributed by atoms with van der Waals surface area (Å²) in [6, 6.07) is -0.0897. The summed E-state index contributed by atoms with van der Waals surface area (Å²) in [6.45, 7) is 6.36. The Labute approximate surface area is 99.8 Å². The maximum Gasteiger partial charge on any atom is 0.357 e. The summed E-state index contributed by atoms with van der Waals surface area (Å²) in [4.78, 5) is 15.6. The van der Waals surface area contributed by atoms with Crippen LogP contribution >= 0.6 is 11.3 Å². The Balaban J connectivity index is 2.67. The highest BCUT2D eigenvalue weighted by Crippen LogP contribution is 2.22. The van der Waals surface area contributed by atoms with Crippen LogP contribution in [0.4, 0.5) is 0 Å². The highest BCUT2D eigenvalue weighted by molar-refractivity contribution is 7.09. The number of hydrogen-bond donors (Lipinski definition) is 1. The number of hydrogen-bond acceptors (Lipinski definition) is 5. The molecule has 2 N–H and O–H groups in total. The van der Waals surface area contributed by atoms with E-state index in [9.17, 15) is 4.79 Å². The van der Waals surface area contributed by atoms with Gasteiger partial charge < -0.3 is 10.5 Å². The summed E-state index contributed by atoms with van der Waals surface area (Å²) in [7, 11) is 0. The number of rotatable bonds is 5. The van der Waals surface area contributed by atoms with E-state index in [-0.39, 0.29) is 12.0 Å². The molecule has 0 aliphatic carbocycles. The van der Waals surface area contributed by atoms with Crippen molar-refractivity contribution in [1.29, 1.82) is 0 Å². The summed E-state index contributed by atoms with van der Waals surface area (Å²) in [5.74, 6) is 0.145. The third-order valence-corrected chi connectivity index (χ3v) is 3.03. The molecule has 5 heteroatoms. The quantitative estimate of drug-likeness (QED) is 0.805. The lowest BCUT2D eigenvalue weighted by Gasteiger charge is -2.10. The molecule has 0 saturated heterocycles. The first-order valence-electron chi connectivity index (χ1n) is 5.42. The monoisotopic (exact) mass is 242 g/mol. The number of esters is 1. The SMILES string of the molecule is CCOC(=O)c1csc(C(N)CC(C)C)n1. The lowest BCUT2D eigenvalue weighted by atomic mass is 10.1. The molecule has 1 aromatic heterocycles. The van der Waals surface area contributed by atoms with Gasteiger partial charge in [-0.15, -0.1) is 11.3 Å². The molecule has 4 nitrogen and oxygen atoms in total. The Kier molecular flexibility index (Phi) is 4.89. The highest BCUT2D eigenvalue weighted by Gasteiger charge is 2.16. The van der Waals surface area contributed by atoms with E-state index in [4.69, 9.17) is 10.5 Å². The molecule has 0 saturated carbocycles. The Morgan fingerprint density at radius 2 is 2.31 bits per heavy atom. The van der Waals surface area contributed by atoms with Crippen LogP contribution in [-0.2, 0) is 4.74 Å². The highest BCUT2D eigenvalue weighted by atomic mass is 32.1. The molecule has 1 atom stereocenters. The van der Waals surface area contributed by atoms with Crippen LogP contribution in [-0.4, -0.2) is 17.6 Å². The Hall–Kier alpha value is -0.940. The number of nitrogens with two attached hydrogens (primary N) is 1. The van der Waals surface area contributed by atoms with Crippen molar-refractivity contribution in [2.24, 2.45) is 11.7 Å². The third-order valence-electron chi connectivity index (χ3n) is 2.05. The van der Waals surface area contributed by atoms with Gasteiger partial charge in [0.05, 0.1) is 12.6 Å². The molecule has 1 aromatic rings. The van der Waals surface area contributed by atoms with Crippen LogP contribution in [0.3, 0.4) is 0 Å². The van der Waals surface area contributed by atoms with Crippen LogP contribution in [0.25, 0.3) is 0 Å². The molecule has 0 aliphatic rings. The van der Waals surface area contributed by atoms with Crippen LogP contribution in [0.15, 0.2) is 5.38 Å². The van der Waals surface area contributed by atoms with Gasteiger partial charge in [0, 0.05) is 5.38 Å². The number of ether oxygens (including phenoxy) is 1. The molecule has 0 bridgehead atoms. The summed E-state index contributed by atoms with van der Waals surface area (Å²) in [6.07, 6.45) is 0.871. The average molecular weight is 242 g/mol. The Morgan fingerprint density at radius 3 is 2.88 bits per heavy atom. The first kappa shape index (κ1) is 13.1. The summed E-state index contributed by atoms with van der Waals surface area (Å²) < 4.78 is 4.87. The maximum atomic E-state index is 11.4. The summed E-state index contributed by atoms with van der Waals surface area (Å²) >= 11 is 1.42. The van der Waals surface area contributed by atoms with Gasteiger partial charge >= 0.3 is 5.97 Å². The van der Waals surface area contributed by atoms with Gasteiger partial charge in [-0.2, -0.15) is 0 Å². The summed E-state index contributed by atoms with van der Waals surface area (Å²) in [5.41, 5.74) is 6.34. The van der Waals surface area contributed by atoms with Crippen molar-refractivity contribution in [1.82, 2.24) is 4.98 Å². The predicted octanol–water partition coefficient (Wildman–Crippen LogP) is 2.37. The Bertz CT molecular complexity index is 350. The first-order valence-corrected chi connectivity index (χ1v) is 6.30. The molecule has 90 valence electrons. The van der Waals surface area contributed by atoms with Crippen molar-refractivity contribution >= 4 is 17.3 Å². The molecule has 16 heavy (non-hydrogen) atoms. The lowest BCUT2D eigenvalue weighted by Crippen LogP contribution is -2.13. The summed E-state index contributed by atoms with van der Waals surface area (Å²) in [5, 5.41) is 2.50. The van der Waals surface area contributed by atoms with Gasteiger partial charge in [-0.05, 0) is 19.3 Å². The van der Waals surface area contributed by atoms with Gasteiger partial charge in [0.1, 0.15) is 5.01 Å². The van der Waals surface area contributed by atoms with E-state index in [1.807, 2.05) is 0 Å². The van der Waals surface area contributed by atoms with E-state index in [0.29, 0.717) is 18.2 Å². The van der Waals surface area contributed by atoms with Crippen molar-refractivity contribution in [3.05, 3.63) is 16.1 Å². The minimum Gasteiger partial charge on any atom is -0.461 e. The van der Waals surface area contributed by atoms with Gasteiger partial charge in [-0.3, -0.25) is 0 Å². The van der Waals surface area contributed by atoms with E-state index < -0.39 is 0 Å². The standard InChI is InChI=1S/C11H18N2O2S/c1-4-15-11(14)9-6-16-10(13-9)8(12)5-7(2)3/h6-8H,4-5,12H2,1-3H3. The van der Waals surface area contributed by atoms with Crippen LogP contribution in [0, 0.1) is 5.92 Å². The second-order valence-corrected chi connectivity index (χ2v) is 4.92. The molecule has 1 rings (SSSR count). The van der Waals surface area contributed by atoms with Gasteiger partial charge in [0.15, 0.2) is 5.69 Å². The number of thiazole rings is 1. The van der Waals surface area contributed by atoms with E-state index in [2.05, 4.69) is 18.8 Å². The van der Waals surface area contributed by atoms with Crippen LogP contribution in [0.5, 0.6) is 0 Å². The molecule has 0 aliphatic heterocycles. The van der Waals surface area contributed by atoms with Crippen molar-refractivity contribution in [3.63, 3.8) is 0 Å². The van der Waals surface area contributed by atoms with Gasteiger partial charge in [0.25, 0.3) is 0 Å². The molecule has 0 radical (unpaired) electrons. The number of nitrogens with zero attached hydrogens (tertiary/aromatic N) is 1. The second kappa shape index (κ2) is 5.96. The molecule has 1 unspecified atom stereocenters. The molecular weight excluding hydrogens is 224 g/mol. The van der Waals surface area contributed by atoms with Crippen LogP contribution in [0.1, 0.15) is 48.7 Å². The van der Waals surface area contributed by atoms with Crippen LogP contribution in [0.2, 0.25) is 0 Å². The molecular formula is C11H18N2O2S. The molecule has 1 heterocycles. The van der Waals surface area contributed by atoms with E-state index in [1.165, 1.54) is 11.3 Å². The molecule has 0 fully saturated rings. The predicted molar refractivity (Wildman–Crippen MR) is 64.5 cm³/mol. The number of carbonyl (C=O) groups excluding carboxylic acids is 1. The fraction of sp³-hybridized carbons (Fsp3) is 0.636. The van der Waals surface area contributed by atoms with Crippen molar-refractivity contribution in [3.8, 4) is 0 Å². The van der Waals surface area contributed by atoms with E-state index in [0.717, 1.165) is 11.4 Å². The normalized spacial score (nSPS) is 12.8. The fourth-order valence-corrected chi connectivity index (χ4v) is 2.17. The number of aromatic nitrogens is 1. The number of carbonyl (C=O) groups is 1. The van der Waals surface area contributed by atoms with Crippen molar-refractivity contribution < 1.29 is 9.53 Å². The lowest BCUT2D eigenvalue weighted by molar-refractivity contribution is 0.0520. The molecule has 0 spiro atoms. The largest absolute Gasteiger partial charge is 0.461 e. The topological polar surface area (TPSA) is 65.2 Å².